The van der Waals surface area contributed by atoms with Gasteiger partial charge in [0.1, 0.15) is 0 Å². The summed E-state index contributed by atoms with van der Waals surface area (Å²) in [4.78, 5) is 7.26. The molecule has 0 unspecified atom stereocenters. The number of likely N-dealkylation sites (tertiary alicyclic amines) is 1. The van der Waals surface area contributed by atoms with Crippen molar-refractivity contribution >= 4 is 11.6 Å². The van der Waals surface area contributed by atoms with Gasteiger partial charge in [-0.3, -0.25) is 9.89 Å². The van der Waals surface area contributed by atoms with E-state index in [1.54, 1.807) is 14.2 Å². The van der Waals surface area contributed by atoms with Crippen LogP contribution in [0.3, 0.4) is 0 Å². The van der Waals surface area contributed by atoms with Gasteiger partial charge in [0.2, 0.25) is 0 Å². The van der Waals surface area contributed by atoms with Gasteiger partial charge in [0.25, 0.3) is 0 Å². The first-order chi connectivity index (χ1) is 12.7. The van der Waals surface area contributed by atoms with Gasteiger partial charge in [-0.15, -0.1) is 0 Å². The van der Waals surface area contributed by atoms with Crippen LogP contribution in [0.5, 0.6) is 11.5 Å². The monoisotopic (exact) mass is 362 g/mol. The maximum absolute atomic E-state index is 6.16. The van der Waals surface area contributed by atoms with Crippen LogP contribution < -0.4 is 20.5 Å². The van der Waals surface area contributed by atoms with Crippen LogP contribution in [0.1, 0.15) is 25.7 Å². The third kappa shape index (κ3) is 4.22. The topological polar surface area (TPSA) is 81.3 Å². The second kappa shape index (κ2) is 8.60. The number of nitrogens with zero attached hydrogens (tertiary/aromatic N) is 2. The van der Waals surface area contributed by atoms with Crippen LogP contribution in [0, 0.1) is 0 Å². The quantitative estimate of drug-likeness (QED) is 0.596. The van der Waals surface area contributed by atoms with Crippen LogP contribution >= 0.6 is 0 Å². The van der Waals surface area contributed by atoms with E-state index in [2.05, 4.69) is 15.2 Å². The summed E-state index contributed by atoms with van der Waals surface area (Å²) >= 11 is 0. The average molecular weight is 362 g/mol. The van der Waals surface area contributed by atoms with E-state index in [1.165, 1.54) is 12.8 Å². The molecule has 26 heavy (non-hydrogen) atoms. The van der Waals surface area contributed by atoms with Gasteiger partial charge in [-0.05, 0) is 50.9 Å². The fourth-order valence-electron chi connectivity index (χ4n) is 3.85. The van der Waals surface area contributed by atoms with Crippen molar-refractivity contribution in [3.8, 4) is 11.5 Å². The number of hydrogen-bond donors (Lipinski definition) is 2. The van der Waals surface area contributed by atoms with Gasteiger partial charge >= 0.3 is 0 Å². The summed E-state index contributed by atoms with van der Waals surface area (Å²) in [6, 6.07) is 5.60. The Labute approximate surface area is 155 Å². The molecule has 2 aliphatic heterocycles. The Hall–Kier alpha value is -1.99. The molecular weight excluding hydrogens is 332 g/mol. The minimum atomic E-state index is 0.0820. The predicted molar refractivity (Wildman–Crippen MR) is 103 cm³/mol. The summed E-state index contributed by atoms with van der Waals surface area (Å²) in [6.07, 6.45) is 4.57. The molecule has 2 aliphatic rings. The molecule has 2 saturated heterocycles. The minimum Gasteiger partial charge on any atom is -0.493 e. The molecule has 0 bridgehead atoms. The Morgan fingerprint density at radius 3 is 2.54 bits per heavy atom. The van der Waals surface area contributed by atoms with Gasteiger partial charge in [0, 0.05) is 30.5 Å². The summed E-state index contributed by atoms with van der Waals surface area (Å²) in [5.41, 5.74) is 7.07. The van der Waals surface area contributed by atoms with Gasteiger partial charge in [-0.25, -0.2) is 0 Å². The van der Waals surface area contributed by atoms with Crippen molar-refractivity contribution in [1.82, 2.24) is 4.90 Å². The van der Waals surface area contributed by atoms with Crippen molar-refractivity contribution in [1.29, 1.82) is 0 Å². The summed E-state index contributed by atoms with van der Waals surface area (Å²) in [6.45, 7) is 4.60. The molecule has 7 heteroatoms. The zero-order valence-electron chi connectivity index (χ0n) is 15.8. The SMILES string of the molecule is COc1ccc(NC(N)=NCC2(N3CCCC3)CCOCC2)cc1OC. The molecule has 1 aromatic carbocycles. The fraction of sp³-hybridized carbons (Fsp3) is 0.632. The van der Waals surface area contributed by atoms with Crippen molar-refractivity contribution in [3.63, 3.8) is 0 Å². The highest BCUT2D eigenvalue weighted by Gasteiger charge is 2.39. The van der Waals surface area contributed by atoms with Crippen LogP contribution in [0.25, 0.3) is 0 Å². The lowest BCUT2D eigenvalue weighted by molar-refractivity contribution is -0.0138. The molecule has 1 aromatic rings. The van der Waals surface area contributed by atoms with E-state index in [9.17, 15) is 0 Å². The van der Waals surface area contributed by atoms with Gasteiger partial charge in [0.15, 0.2) is 17.5 Å². The molecule has 0 radical (unpaired) electrons. The number of benzene rings is 1. The van der Waals surface area contributed by atoms with E-state index in [1.807, 2.05) is 18.2 Å². The van der Waals surface area contributed by atoms with Crippen molar-refractivity contribution in [2.45, 2.75) is 31.2 Å². The molecular formula is C19H30N4O3. The molecule has 2 heterocycles. The number of rotatable bonds is 6. The Balaban J connectivity index is 1.68. The van der Waals surface area contributed by atoms with Crippen LogP contribution in [-0.4, -0.2) is 63.5 Å². The largest absolute Gasteiger partial charge is 0.493 e. The highest BCUT2D eigenvalue weighted by Crippen LogP contribution is 2.32. The lowest BCUT2D eigenvalue weighted by Gasteiger charge is -2.43. The first kappa shape index (κ1) is 18.8. The number of anilines is 1. The first-order valence-corrected chi connectivity index (χ1v) is 9.29. The summed E-state index contributed by atoms with van der Waals surface area (Å²) in [5, 5.41) is 3.16. The van der Waals surface area contributed by atoms with Crippen molar-refractivity contribution in [2.24, 2.45) is 10.7 Å². The lowest BCUT2D eigenvalue weighted by Crippen LogP contribution is -2.53. The van der Waals surface area contributed by atoms with E-state index in [0.717, 1.165) is 44.8 Å². The van der Waals surface area contributed by atoms with Gasteiger partial charge < -0.3 is 25.3 Å². The van der Waals surface area contributed by atoms with E-state index in [4.69, 9.17) is 19.9 Å². The van der Waals surface area contributed by atoms with E-state index < -0.39 is 0 Å². The third-order valence-electron chi connectivity index (χ3n) is 5.40. The molecule has 0 saturated carbocycles. The number of ether oxygens (including phenoxy) is 3. The summed E-state index contributed by atoms with van der Waals surface area (Å²) < 4.78 is 16.2. The molecule has 7 nitrogen and oxygen atoms in total. The second-order valence-electron chi connectivity index (χ2n) is 6.93. The summed E-state index contributed by atoms with van der Waals surface area (Å²) in [5.74, 6) is 1.76. The van der Waals surface area contributed by atoms with Gasteiger partial charge in [0.05, 0.1) is 20.8 Å². The molecule has 0 aliphatic carbocycles. The molecule has 0 amide bonds. The fourth-order valence-corrected chi connectivity index (χ4v) is 3.85. The maximum atomic E-state index is 6.16. The molecule has 0 atom stereocenters. The van der Waals surface area contributed by atoms with Crippen molar-refractivity contribution < 1.29 is 14.2 Å². The zero-order chi connectivity index (χ0) is 18.4. The second-order valence-corrected chi connectivity index (χ2v) is 6.93. The van der Waals surface area contributed by atoms with Crippen LogP contribution in [0.15, 0.2) is 23.2 Å². The van der Waals surface area contributed by atoms with Crippen LogP contribution in [-0.2, 0) is 4.74 Å². The standard InChI is InChI=1S/C19H30N4O3/c1-24-16-6-5-15(13-17(16)25-2)22-18(20)21-14-19(7-11-26-12-8-19)23-9-3-4-10-23/h5-6,13H,3-4,7-12,14H2,1-2H3,(H3,20,21,22). The Morgan fingerprint density at radius 2 is 1.88 bits per heavy atom. The minimum absolute atomic E-state index is 0.0820. The predicted octanol–water partition coefficient (Wildman–Crippen LogP) is 2.08. The number of hydrogen-bond acceptors (Lipinski definition) is 5. The first-order valence-electron chi connectivity index (χ1n) is 9.29. The molecule has 2 fully saturated rings. The third-order valence-corrected chi connectivity index (χ3v) is 5.40. The highest BCUT2D eigenvalue weighted by atomic mass is 16.5. The normalized spacial score (nSPS) is 20.8. The molecule has 144 valence electrons. The Morgan fingerprint density at radius 1 is 1.19 bits per heavy atom. The number of nitrogens with two attached hydrogens (primary N) is 1. The Bertz CT molecular complexity index is 623. The maximum Gasteiger partial charge on any atom is 0.193 e. The Kier molecular flexibility index (Phi) is 6.21. The number of nitrogens with one attached hydrogen (secondary N) is 1. The van der Waals surface area contributed by atoms with Crippen molar-refractivity contribution in [2.75, 3.05) is 52.4 Å². The number of aliphatic imine (C=N–C) groups is 1. The van der Waals surface area contributed by atoms with E-state index in [-0.39, 0.29) is 5.54 Å². The number of methoxy groups -OCH3 is 2. The molecule has 0 aromatic heterocycles. The van der Waals surface area contributed by atoms with Crippen LogP contribution in [0.4, 0.5) is 5.69 Å². The average Bonchev–Trinajstić information content (AvgIpc) is 3.22. The van der Waals surface area contributed by atoms with Gasteiger partial charge in [-0.2, -0.15) is 0 Å². The van der Waals surface area contributed by atoms with Gasteiger partial charge in [-0.1, -0.05) is 0 Å². The smallest absolute Gasteiger partial charge is 0.193 e. The van der Waals surface area contributed by atoms with E-state index in [0.29, 0.717) is 24.0 Å². The van der Waals surface area contributed by atoms with E-state index >= 15 is 0 Å². The molecule has 3 rings (SSSR count). The van der Waals surface area contributed by atoms with Crippen LogP contribution in [0.2, 0.25) is 0 Å². The van der Waals surface area contributed by atoms with Crippen molar-refractivity contribution in [3.05, 3.63) is 18.2 Å². The summed E-state index contributed by atoms with van der Waals surface area (Å²) in [7, 11) is 3.23. The lowest BCUT2D eigenvalue weighted by atomic mass is 9.88. The molecule has 3 N–H and O–H groups in total. The molecule has 0 spiro atoms. The highest BCUT2D eigenvalue weighted by molar-refractivity contribution is 5.92. The zero-order valence-corrected chi connectivity index (χ0v) is 15.8. The number of guanidine groups is 1.